The summed E-state index contributed by atoms with van der Waals surface area (Å²) in [5.74, 6) is 0.455. The third-order valence-corrected chi connectivity index (χ3v) is 5.91. The van der Waals surface area contributed by atoms with Crippen LogP contribution < -0.4 is 0 Å². The Hall–Kier alpha value is -3.43. The molecule has 2 unspecified atom stereocenters. The van der Waals surface area contributed by atoms with Crippen LogP contribution in [-0.4, -0.2) is 32.7 Å². The molecule has 0 bridgehead atoms. The van der Waals surface area contributed by atoms with E-state index in [9.17, 15) is 26.3 Å². The molecule has 1 fully saturated rings. The van der Waals surface area contributed by atoms with E-state index >= 15 is 0 Å². The lowest BCUT2D eigenvalue weighted by Crippen LogP contribution is -2.42. The highest BCUT2D eigenvalue weighted by Crippen LogP contribution is 2.38. The van der Waals surface area contributed by atoms with Crippen molar-refractivity contribution in [3.05, 3.63) is 82.4 Å². The van der Waals surface area contributed by atoms with Gasteiger partial charge < -0.3 is 4.74 Å². The molecule has 0 aliphatic carbocycles. The molecule has 0 saturated carbocycles. The largest absolute Gasteiger partial charge is 0.416 e. The number of H-pyrrole nitrogens is 1. The van der Waals surface area contributed by atoms with Crippen LogP contribution in [0.5, 0.6) is 0 Å². The SMILES string of the molecule is N#Cc1nc(CN2CCCC(OCc3cc(C(F)(F)F)cc(C(F)(F)F)c3)C2c2ccccc2)n[nH]1. The first-order chi connectivity index (χ1) is 17.0. The van der Waals surface area contributed by atoms with Crippen molar-refractivity contribution in [3.63, 3.8) is 0 Å². The van der Waals surface area contributed by atoms with Gasteiger partial charge in [-0.15, -0.1) is 0 Å². The monoisotopic (exact) mass is 509 g/mol. The summed E-state index contributed by atoms with van der Waals surface area (Å²) in [7, 11) is 0. The quantitative estimate of drug-likeness (QED) is 0.436. The minimum absolute atomic E-state index is 0.0658. The fourth-order valence-corrected chi connectivity index (χ4v) is 4.36. The number of piperidine rings is 1. The second-order valence-corrected chi connectivity index (χ2v) is 8.44. The zero-order valence-corrected chi connectivity index (χ0v) is 18.8. The fraction of sp³-hybridized carbons (Fsp3) is 0.375. The molecule has 12 heteroatoms. The van der Waals surface area contributed by atoms with Gasteiger partial charge >= 0.3 is 12.4 Å². The van der Waals surface area contributed by atoms with E-state index in [1.54, 1.807) is 0 Å². The fourth-order valence-electron chi connectivity index (χ4n) is 4.36. The highest BCUT2D eigenvalue weighted by Gasteiger charge is 2.38. The topological polar surface area (TPSA) is 77.8 Å². The van der Waals surface area contributed by atoms with Crippen molar-refractivity contribution in [3.8, 4) is 6.07 Å². The Bertz CT molecular complexity index is 1190. The van der Waals surface area contributed by atoms with Crippen molar-refractivity contribution >= 4 is 0 Å². The van der Waals surface area contributed by atoms with Gasteiger partial charge in [0.15, 0.2) is 5.82 Å². The summed E-state index contributed by atoms with van der Waals surface area (Å²) in [6, 6.07) is 12.3. The average molecular weight is 509 g/mol. The van der Waals surface area contributed by atoms with Gasteiger partial charge in [0, 0.05) is 0 Å². The van der Waals surface area contributed by atoms with Gasteiger partial charge in [-0.2, -0.15) is 36.7 Å². The van der Waals surface area contributed by atoms with E-state index in [2.05, 4.69) is 15.2 Å². The number of nitrogens with one attached hydrogen (secondary N) is 1. The van der Waals surface area contributed by atoms with Gasteiger partial charge in [-0.3, -0.25) is 10.00 Å². The van der Waals surface area contributed by atoms with E-state index in [1.165, 1.54) is 0 Å². The van der Waals surface area contributed by atoms with Gasteiger partial charge in [0.05, 0.1) is 36.4 Å². The number of rotatable bonds is 6. The predicted octanol–water partition coefficient (Wildman–Crippen LogP) is 5.64. The Kier molecular flexibility index (Phi) is 7.33. The molecule has 2 heterocycles. The number of nitrogens with zero attached hydrogens (tertiary/aromatic N) is 4. The molecule has 0 radical (unpaired) electrons. The van der Waals surface area contributed by atoms with Crippen LogP contribution in [0.4, 0.5) is 26.3 Å². The van der Waals surface area contributed by atoms with Crippen LogP contribution in [-0.2, 0) is 30.2 Å². The first-order valence-electron chi connectivity index (χ1n) is 11.0. The number of nitriles is 1. The van der Waals surface area contributed by atoms with Crippen LogP contribution in [0.15, 0.2) is 48.5 Å². The summed E-state index contributed by atoms with van der Waals surface area (Å²) in [5, 5.41) is 15.6. The molecule has 190 valence electrons. The maximum absolute atomic E-state index is 13.3. The molecule has 3 aromatic rings. The standard InChI is InChI=1S/C24H21F6N5O/c25-23(26,27)17-9-15(10-18(11-17)24(28,29)30)14-36-19-7-4-8-35(13-21-32-20(12-31)33-34-21)22(19)16-5-2-1-3-6-16/h1-3,5-6,9-11,19,22H,4,7-8,13-14H2,(H,32,33,34). The molecule has 1 aliphatic heterocycles. The zero-order valence-electron chi connectivity index (χ0n) is 18.8. The van der Waals surface area contributed by atoms with Crippen LogP contribution in [0.1, 0.15) is 52.8 Å². The Morgan fingerprint density at radius 2 is 1.69 bits per heavy atom. The molecule has 1 aromatic heterocycles. The van der Waals surface area contributed by atoms with Crippen LogP contribution in [0.25, 0.3) is 0 Å². The van der Waals surface area contributed by atoms with E-state index < -0.39 is 36.2 Å². The number of aromatic amines is 1. The lowest BCUT2D eigenvalue weighted by Gasteiger charge is -2.41. The molecule has 36 heavy (non-hydrogen) atoms. The Morgan fingerprint density at radius 3 is 2.28 bits per heavy atom. The van der Waals surface area contributed by atoms with Crippen molar-refractivity contribution < 1.29 is 31.1 Å². The van der Waals surface area contributed by atoms with Crippen molar-refractivity contribution in [2.45, 2.75) is 50.5 Å². The number of hydrogen-bond acceptors (Lipinski definition) is 5. The van der Waals surface area contributed by atoms with Gasteiger partial charge in [0.25, 0.3) is 0 Å². The van der Waals surface area contributed by atoms with Gasteiger partial charge in [0.2, 0.25) is 5.82 Å². The molecule has 2 atom stereocenters. The number of benzene rings is 2. The lowest BCUT2D eigenvalue weighted by atomic mass is 9.92. The second kappa shape index (κ2) is 10.3. The van der Waals surface area contributed by atoms with E-state index in [0.29, 0.717) is 37.3 Å². The molecule has 0 spiro atoms. The summed E-state index contributed by atoms with van der Waals surface area (Å²) < 4.78 is 85.5. The normalized spacial score (nSPS) is 19.2. The molecule has 1 N–H and O–H groups in total. The number of hydrogen-bond donors (Lipinski definition) is 1. The Balaban J connectivity index is 1.60. The first-order valence-corrected chi connectivity index (χ1v) is 11.0. The van der Waals surface area contributed by atoms with Gasteiger partial charge in [-0.1, -0.05) is 30.3 Å². The second-order valence-electron chi connectivity index (χ2n) is 8.44. The van der Waals surface area contributed by atoms with E-state index in [1.807, 2.05) is 41.3 Å². The Morgan fingerprint density at radius 1 is 1.03 bits per heavy atom. The summed E-state index contributed by atoms with van der Waals surface area (Å²) in [5.41, 5.74) is -2.09. The van der Waals surface area contributed by atoms with Crippen molar-refractivity contribution in [2.75, 3.05) is 6.54 Å². The molecular weight excluding hydrogens is 488 g/mol. The molecule has 6 nitrogen and oxygen atoms in total. The van der Waals surface area contributed by atoms with Crippen LogP contribution in [0.2, 0.25) is 0 Å². The zero-order chi connectivity index (χ0) is 25.9. The molecular formula is C24H21F6N5O. The number of halogens is 6. The maximum Gasteiger partial charge on any atom is 0.416 e. The minimum Gasteiger partial charge on any atom is -0.372 e. The van der Waals surface area contributed by atoms with Crippen LogP contribution >= 0.6 is 0 Å². The minimum atomic E-state index is -4.93. The summed E-state index contributed by atoms with van der Waals surface area (Å²) in [4.78, 5) is 6.14. The maximum atomic E-state index is 13.3. The highest BCUT2D eigenvalue weighted by atomic mass is 19.4. The molecule has 1 saturated heterocycles. The smallest absolute Gasteiger partial charge is 0.372 e. The number of aromatic nitrogens is 3. The van der Waals surface area contributed by atoms with Gasteiger partial charge in [0.1, 0.15) is 6.07 Å². The lowest BCUT2D eigenvalue weighted by molar-refractivity contribution is -0.143. The van der Waals surface area contributed by atoms with E-state index in [0.717, 1.165) is 5.56 Å². The van der Waals surface area contributed by atoms with Gasteiger partial charge in [-0.25, -0.2) is 4.98 Å². The van der Waals surface area contributed by atoms with E-state index in [-0.39, 0.29) is 30.0 Å². The number of ether oxygens (including phenoxy) is 1. The summed E-state index contributed by atoms with van der Waals surface area (Å²) >= 11 is 0. The number of likely N-dealkylation sites (tertiary alicyclic amines) is 1. The first kappa shape index (κ1) is 25.7. The average Bonchev–Trinajstić information content (AvgIpc) is 3.29. The molecule has 2 aromatic carbocycles. The highest BCUT2D eigenvalue weighted by molar-refractivity contribution is 5.33. The van der Waals surface area contributed by atoms with Crippen molar-refractivity contribution in [1.82, 2.24) is 20.1 Å². The van der Waals surface area contributed by atoms with Crippen LogP contribution in [0, 0.1) is 11.3 Å². The summed E-state index contributed by atoms with van der Waals surface area (Å²) in [6.45, 7) is 0.491. The van der Waals surface area contributed by atoms with Crippen molar-refractivity contribution in [1.29, 1.82) is 5.26 Å². The van der Waals surface area contributed by atoms with Crippen molar-refractivity contribution in [2.24, 2.45) is 0 Å². The third-order valence-electron chi connectivity index (χ3n) is 5.91. The third kappa shape index (κ3) is 6.03. The molecule has 4 rings (SSSR count). The summed E-state index contributed by atoms with van der Waals surface area (Å²) in [6.07, 6.45) is -9.13. The van der Waals surface area contributed by atoms with Crippen LogP contribution in [0.3, 0.4) is 0 Å². The molecule has 1 aliphatic rings. The Labute approximate surface area is 202 Å². The van der Waals surface area contributed by atoms with Gasteiger partial charge in [-0.05, 0) is 48.7 Å². The number of alkyl halides is 6. The van der Waals surface area contributed by atoms with E-state index in [4.69, 9.17) is 10.00 Å². The predicted molar refractivity (Wildman–Crippen MR) is 115 cm³/mol. The molecule has 0 amide bonds.